The summed E-state index contributed by atoms with van der Waals surface area (Å²) in [6.07, 6.45) is 1.82. The summed E-state index contributed by atoms with van der Waals surface area (Å²) in [5, 5.41) is 10.2. The molecule has 17 heavy (non-hydrogen) atoms. The van der Waals surface area contributed by atoms with Gasteiger partial charge in [-0.3, -0.25) is 9.88 Å². The fourth-order valence-electron chi connectivity index (χ4n) is 2.40. The predicted molar refractivity (Wildman–Crippen MR) is 67.6 cm³/mol. The van der Waals surface area contributed by atoms with Gasteiger partial charge >= 0.3 is 0 Å². The minimum atomic E-state index is 0.318. The Labute approximate surface area is 101 Å². The Morgan fingerprint density at radius 1 is 1.29 bits per heavy atom. The lowest BCUT2D eigenvalue weighted by Gasteiger charge is -2.38. The van der Waals surface area contributed by atoms with E-state index in [0.717, 1.165) is 25.2 Å². The third-order valence-corrected chi connectivity index (χ3v) is 3.36. The van der Waals surface area contributed by atoms with Gasteiger partial charge in [-0.1, -0.05) is 12.1 Å². The molecule has 1 aliphatic heterocycles. The van der Waals surface area contributed by atoms with Gasteiger partial charge in [0.2, 0.25) is 0 Å². The number of nitrogens with zero attached hydrogens (tertiary/aromatic N) is 2. The van der Waals surface area contributed by atoms with Gasteiger partial charge in [0.05, 0.1) is 5.52 Å². The van der Waals surface area contributed by atoms with Gasteiger partial charge in [0.25, 0.3) is 0 Å². The van der Waals surface area contributed by atoms with E-state index in [2.05, 4.69) is 34.1 Å². The lowest BCUT2D eigenvalue weighted by atomic mass is 10.00. The van der Waals surface area contributed by atoms with Crippen molar-refractivity contribution in [1.82, 2.24) is 9.88 Å². The van der Waals surface area contributed by atoms with Crippen molar-refractivity contribution in [2.45, 2.75) is 6.54 Å². The Hall–Kier alpha value is -1.45. The maximum atomic E-state index is 8.98. The van der Waals surface area contributed by atoms with Crippen molar-refractivity contribution in [3.63, 3.8) is 0 Å². The lowest BCUT2D eigenvalue weighted by Crippen LogP contribution is -2.47. The summed E-state index contributed by atoms with van der Waals surface area (Å²) in [6.45, 7) is 3.32. The van der Waals surface area contributed by atoms with E-state index < -0.39 is 0 Å². The zero-order valence-electron chi connectivity index (χ0n) is 9.71. The van der Waals surface area contributed by atoms with Gasteiger partial charge in [0.15, 0.2) is 0 Å². The van der Waals surface area contributed by atoms with Gasteiger partial charge in [0.1, 0.15) is 0 Å². The van der Waals surface area contributed by atoms with Crippen molar-refractivity contribution in [3.8, 4) is 0 Å². The molecule has 0 saturated carbocycles. The van der Waals surface area contributed by atoms with Crippen molar-refractivity contribution < 1.29 is 5.11 Å². The topological polar surface area (TPSA) is 36.4 Å². The number of pyridine rings is 1. The van der Waals surface area contributed by atoms with E-state index in [4.69, 9.17) is 5.11 Å². The number of hydrogen-bond acceptors (Lipinski definition) is 3. The molecule has 1 fully saturated rings. The van der Waals surface area contributed by atoms with Crippen LogP contribution in [0.4, 0.5) is 0 Å². The van der Waals surface area contributed by atoms with Crippen molar-refractivity contribution in [1.29, 1.82) is 0 Å². The number of aromatic nitrogens is 1. The first-order chi connectivity index (χ1) is 8.35. The number of benzene rings is 1. The van der Waals surface area contributed by atoms with Crippen molar-refractivity contribution in [3.05, 3.63) is 42.1 Å². The number of hydrogen-bond donors (Lipinski definition) is 1. The maximum Gasteiger partial charge on any atom is 0.0702 e. The third kappa shape index (κ3) is 2.16. The zero-order valence-corrected chi connectivity index (χ0v) is 9.71. The molecule has 0 bridgehead atoms. The Bertz CT molecular complexity index is 520. The number of rotatable bonds is 3. The van der Waals surface area contributed by atoms with Crippen LogP contribution in [0, 0.1) is 5.92 Å². The van der Waals surface area contributed by atoms with Crippen LogP contribution in [0.2, 0.25) is 0 Å². The highest BCUT2D eigenvalue weighted by Crippen LogP contribution is 2.20. The Balaban J connectivity index is 1.73. The smallest absolute Gasteiger partial charge is 0.0702 e. The van der Waals surface area contributed by atoms with Gasteiger partial charge < -0.3 is 5.11 Å². The summed E-state index contributed by atoms with van der Waals surface area (Å²) >= 11 is 0. The summed E-state index contributed by atoms with van der Waals surface area (Å²) in [5.74, 6) is 0.483. The van der Waals surface area contributed by atoms with Gasteiger partial charge in [-0.2, -0.15) is 0 Å². The number of likely N-dealkylation sites (tertiary alicyclic amines) is 1. The largest absolute Gasteiger partial charge is 0.396 e. The van der Waals surface area contributed by atoms with Crippen molar-refractivity contribution in [2.75, 3.05) is 19.7 Å². The van der Waals surface area contributed by atoms with E-state index in [1.54, 1.807) is 0 Å². The molecule has 1 aliphatic rings. The van der Waals surface area contributed by atoms with Crippen LogP contribution in [0.3, 0.4) is 0 Å². The molecule has 1 saturated heterocycles. The summed E-state index contributed by atoms with van der Waals surface area (Å²) < 4.78 is 0. The lowest BCUT2D eigenvalue weighted by molar-refractivity contribution is 0.0479. The summed E-state index contributed by atoms with van der Waals surface area (Å²) in [7, 11) is 0. The first kappa shape index (κ1) is 10.7. The normalized spacial score (nSPS) is 17.2. The second kappa shape index (κ2) is 4.43. The van der Waals surface area contributed by atoms with Crippen LogP contribution in [0.5, 0.6) is 0 Å². The average molecular weight is 228 g/mol. The van der Waals surface area contributed by atoms with Crippen LogP contribution in [0.1, 0.15) is 5.56 Å². The van der Waals surface area contributed by atoms with E-state index in [-0.39, 0.29) is 0 Å². The molecule has 3 nitrogen and oxygen atoms in total. The Morgan fingerprint density at radius 2 is 2.18 bits per heavy atom. The molecule has 3 rings (SSSR count). The molecular weight excluding hydrogens is 212 g/mol. The van der Waals surface area contributed by atoms with Crippen molar-refractivity contribution >= 4 is 10.9 Å². The maximum absolute atomic E-state index is 8.98. The molecule has 1 N–H and O–H groups in total. The molecule has 2 aromatic rings. The summed E-state index contributed by atoms with van der Waals surface area (Å²) in [6, 6.07) is 10.5. The second-order valence-electron chi connectivity index (χ2n) is 4.77. The molecule has 1 aromatic heterocycles. The molecule has 2 heterocycles. The minimum absolute atomic E-state index is 0.318. The molecule has 0 radical (unpaired) electrons. The zero-order chi connectivity index (χ0) is 11.7. The first-order valence-electron chi connectivity index (χ1n) is 6.02. The van der Waals surface area contributed by atoms with Gasteiger partial charge in [-0.25, -0.2) is 0 Å². The number of aliphatic hydroxyl groups excluding tert-OH is 1. The predicted octanol–water partition coefficient (Wildman–Crippen LogP) is 1.66. The van der Waals surface area contributed by atoms with Crippen LogP contribution in [0.15, 0.2) is 36.5 Å². The second-order valence-corrected chi connectivity index (χ2v) is 4.77. The molecule has 3 heteroatoms. The number of fused-ring (bicyclic) bond motifs is 1. The fourth-order valence-corrected chi connectivity index (χ4v) is 2.40. The van der Waals surface area contributed by atoms with Crippen LogP contribution in [-0.4, -0.2) is 34.7 Å². The van der Waals surface area contributed by atoms with E-state index >= 15 is 0 Å². The molecule has 0 aliphatic carbocycles. The van der Waals surface area contributed by atoms with E-state index in [1.807, 2.05) is 12.3 Å². The first-order valence-corrected chi connectivity index (χ1v) is 6.02. The van der Waals surface area contributed by atoms with Gasteiger partial charge in [-0.15, -0.1) is 0 Å². The molecule has 0 amide bonds. The Morgan fingerprint density at radius 3 is 3.00 bits per heavy atom. The van der Waals surface area contributed by atoms with E-state index in [9.17, 15) is 0 Å². The summed E-state index contributed by atoms with van der Waals surface area (Å²) in [4.78, 5) is 6.67. The van der Waals surface area contributed by atoms with Crippen LogP contribution < -0.4 is 0 Å². The van der Waals surface area contributed by atoms with Crippen LogP contribution in [0.25, 0.3) is 10.9 Å². The molecule has 0 unspecified atom stereocenters. The highest BCUT2D eigenvalue weighted by Gasteiger charge is 2.25. The molecule has 0 atom stereocenters. The SMILES string of the molecule is OCC1CN(Cc2ccc3ncccc3c2)C1. The van der Waals surface area contributed by atoms with Crippen LogP contribution in [-0.2, 0) is 6.54 Å². The fraction of sp³-hybridized carbons (Fsp3) is 0.357. The summed E-state index contributed by atoms with van der Waals surface area (Å²) in [5.41, 5.74) is 2.37. The third-order valence-electron chi connectivity index (χ3n) is 3.36. The quantitative estimate of drug-likeness (QED) is 0.868. The molecule has 0 spiro atoms. The molecular formula is C14H16N2O. The highest BCUT2D eigenvalue weighted by molar-refractivity contribution is 5.78. The van der Waals surface area contributed by atoms with Gasteiger partial charge in [0, 0.05) is 43.7 Å². The van der Waals surface area contributed by atoms with E-state index in [1.165, 1.54) is 10.9 Å². The van der Waals surface area contributed by atoms with Crippen LogP contribution >= 0.6 is 0 Å². The highest BCUT2D eigenvalue weighted by atomic mass is 16.3. The molecule has 88 valence electrons. The van der Waals surface area contributed by atoms with Crippen molar-refractivity contribution in [2.24, 2.45) is 5.92 Å². The monoisotopic (exact) mass is 228 g/mol. The van der Waals surface area contributed by atoms with E-state index in [0.29, 0.717) is 12.5 Å². The Kier molecular flexibility index (Phi) is 2.79. The minimum Gasteiger partial charge on any atom is -0.396 e. The standard InChI is InChI=1S/C14H16N2O/c17-10-12-8-16(9-12)7-11-3-4-14-13(6-11)2-1-5-15-14/h1-6,12,17H,7-10H2. The number of aliphatic hydroxyl groups is 1. The van der Waals surface area contributed by atoms with Gasteiger partial charge in [-0.05, 0) is 23.8 Å². The average Bonchev–Trinajstić information content (AvgIpc) is 2.33. The molecule has 1 aromatic carbocycles.